The smallest absolute Gasteiger partial charge is 0.0667 e. The highest BCUT2D eigenvalue weighted by Gasteiger charge is 2.30. The van der Waals surface area contributed by atoms with Crippen LogP contribution >= 0.6 is 11.8 Å². The number of thioether (sulfide) groups is 1. The van der Waals surface area contributed by atoms with Gasteiger partial charge in [0.2, 0.25) is 0 Å². The lowest BCUT2D eigenvalue weighted by molar-refractivity contribution is 0.116. The molecular weight excluding hydrogens is 206 g/mol. The van der Waals surface area contributed by atoms with Gasteiger partial charge in [-0.15, -0.1) is 0 Å². The molecule has 1 N–H and O–H groups in total. The zero-order valence-electron chi connectivity index (χ0n) is 10.3. The topological polar surface area (TPSA) is 21.3 Å². The lowest BCUT2D eigenvalue weighted by Gasteiger charge is -2.36. The van der Waals surface area contributed by atoms with Crippen LogP contribution in [0.1, 0.15) is 39.0 Å². The normalized spacial score (nSPS) is 22.6. The van der Waals surface area contributed by atoms with E-state index >= 15 is 0 Å². The maximum Gasteiger partial charge on any atom is 0.0667 e. The van der Waals surface area contributed by atoms with Gasteiger partial charge in [-0.25, -0.2) is 0 Å². The summed E-state index contributed by atoms with van der Waals surface area (Å²) >= 11 is 2.05. The first-order valence-corrected chi connectivity index (χ1v) is 7.23. The van der Waals surface area contributed by atoms with Crippen LogP contribution in [0.5, 0.6) is 0 Å². The van der Waals surface area contributed by atoms with Gasteiger partial charge in [-0.05, 0) is 26.0 Å². The molecule has 1 aliphatic rings. The first-order valence-electron chi connectivity index (χ1n) is 6.01. The molecule has 15 heavy (non-hydrogen) atoms. The fourth-order valence-electron chi connectivity index (χ4n) is 2.24. The molecule has 1 rings (SSSR count). The van der Waals surface area contributed by atoms with Gasteiger partial charge in [-0.2, -0.15) is 11.8 Å². The van der Waals surface area contributed by atoms with Crippen molar-refractivity contribution in [1.29, 1.82) is 0 Å². The highest BCUT2D eigenvalue weighted by atomic mass is 32.2. The van der Waals surface area contributed by atoms with Gasteiger partial charge in [0, 0.05) is 24.9 Å². The molecule has 0 heterocycles. The van der Waals surface area contributed by atoms with Crippen molar-refractivity contribution in [3.05, 3.63) is 0 Å². The Kier molecular flexibility index (Phi) is 6.02. The Morgan fingerprint density at radius 3 is 2.53 bits per heavy atom. The minimum Gasteiger partial charge on any atom is -0.380 e. The predicted octanol–water partition coefficient (Wildman–Crippen LogP) is 2.68. The maximum atomic E-state index is 5.24. The van der Waals surface area contributed by atoms with E-state index in [1.54, 1.807) is 7.11 Å². The van der Waals surface area contributed by atoms with Crippen molar-refractivity contribution in [2.24, 2.45) is 0 Å². The number of ether oxygens (including phenoxy) is 1. The van der Waals surface area contributed by atoms with E-state index < -0.39 is 0 Å². The Bertz CT molecular complexity index is 169. The lowest BCUT2D eigenvalue weighted by Crippen LogP contribution is -2.41. The van der Waals surface area contributed by atoms with Crippen LogP contribution in [0.3, 0.4) is 0 Å². The Balaban J connectivity index is 2.26. The molecule has 0 aromatic carbocycles. The maximum absolute atomic E-state index is 5.24. The van der Waals surface area contributed by atoms with Crippen molar-refractivity contribution in [1.82, 2.24) is 5.32 Å². The fraction of sp³-hybridized carbons (Fsp3) is 1.00. The lowest BCUT2D eigenvalue weighted by atomic mass is 9.88. The monoisotopic (exact) mass is 231 g/mol. The molecule has 3 heteroatoms. The minimum absolute atomic E-state index is 0.326. The summed E-state index contributed by atoms with van der Waals surface area (Å²) in [5.74, 6) is 0. The number of nitrogens with one attached hydrogen (secondary N) is 1. The molecule has 0 aromatic heterocycles. The molecule has 0 aromatic rings. The molecule has 1 atom stereocenters. The Morgan fingerprint density at radius 1 is 1.33 bits per heavy atom. The summed E-state index contributed by atoms with van der Waals surface area (Å²) in [6.07, 6.45) is 9.58. The van der Waals surface area contributed by atoms with Gasteiger partial charge in [-0.1, -0.05) is 19.3 Å². The first-order chi connectivity index (χ1) is 7.22. The van der Waals surface area contributed by atoms with Crippen LogP contribution < -0.4 is 5.32 Å². The minimum atomic E-state index is 0.326. The molecule has 0 saturated heterocycles. The van der Waals surface area contributed by atoms with Crippen molar-refractivity contribution in [3.8, 4) is 0 Å². The van der Waals surface area contributed by atoms with E-state index in [9.17, 15) is 0 Å². The summed E-state index contributed by atoms with van der Waals surface area (Å²) in [5.41, 5.74) is 0. The van der Waals surface area contributed by atoms with E-state index in [1.165, 1.54) is 32.1 Å². The number of hydrogen-bond donors (Lipinski definition) is 1. The van der Waals surface area contributed by atoms with Crippen molar-refractivity contribution in [2.45, 2.75) is 49.9 Å². The van der Waals surface area contributed by atoms with Crippen LogP contribution in [0.2, 0.25) is 0 Å². The van der Waals surface area contributed by atoms with Crippen LogP contribution in [-0.2, 0) is 4.74 Å². The zero-order valence-corrected chi connectivity index (χ0v) is 11.2. The largest absolute Gasteiger partial charge is 0.380 e. The summed E-state index contributed by atoms with van der Waals surface area (Å²) < 4.78 is 5.74. The van der Waals surface area contributed by atoms with Crippen molar-refractivity contribution < 1.29 is 4.74 Å². The van der Waals surface area contributed by atoms with E-state index in [2.05, 4.69) is 18.5 Å². The summed E-state index contributed by atoms with van der Waals surface area (Å²) in [7, 11) is 1.78. The molecule has 1 aliphatic carbocycles. The fourth-order valence-corrected chi connectivity index (χ4v) is 3.18. The molecular formula is C12H25NOS. The first kappa shape index (κ1) is 13.3. The average molecular weight is 231 g/mol. The van der Waals surface area contributed by atoms with E-state index in [0.29, 0.717) is 10.9 Å². The molecule has 0 bridgehead atoms. The van der Waals surface area contributed by atoms with Gasteiger partial charge in [0.1, 0.15) is 0 Å². The van der Waals surface area contributed by atoms with Crippen molar-refractivity contribution >= 4 is 11.8 Å². The molecule has 1 fully saturated rings. The Labute approximate surface area is 98.5 Å². The van der Waals surface area contributed by atoms with E-state index in [1.807, 2.05) is 11.8 Å². The van der Waals surface area contributed by atoms with Crippen LogP contribution in [0.25, 0.3) is 0 Å². The molecule has 0 amide bonds. The predicted molar refractivity (Wildman–Crippen MR) is 68.7 cm³/mol. The standard InChI is InChI=1S/C12H25NOS/c1-11(14-2)9-13-10-12(15-3)7-5-4-6-8-12/h11,13H,4-10H2,1-3H3. The molecule has 0 radical (unpaired) electrons. The highest BCUT2D eigenvalue weighted by molar-refractivity contribution is 8.00. The van der Waals surface area contributed by atoms with E-state index in [0.717, 1.165) is 13.1 Å². The quantitative estimate of drug-likeness (QED) is 0.759. The van der Waals surface area contributed by atoms with Crippen LogP contribution in [0.15, 0.2) is 0 Å². The van der Waals surface area contributed by atoms with Crippen molar-refractivity contribution in [3.63, 3.8) is 0 Å². The molecule has 90 valence electrons. The van der Waals surface area contributed by atoms with Crippen LogP contribution in [0, 0.1) is 0 Å². The zero-order chi connectivity index (χ0) is 11.1. The van der Waals surface area contributed by atoms with Gasteiger partial charge in [0.15, 0.2) is 0 Å². The summed E-state index contributed by atoms with van der Waals surface area (Å²) in [6, 6.07) is 0. The molecule has 1 unspecified atom stereocenters. The third-order valence-corrected chi connectivity index (χ3v) is 4.90. The van der Waals surface area contributed by atoms with Crippen LogP contribution in [-0.4, -0.2) is 37.3 Å². The molecule has 1 saturated carbocycles. The molecule has 2 nitrogen and oxygen atoms in total. The summed E-state index contributed by atoms with van der Waals surface area (Å²) in [5, 5.41) is 3.55. The average Bonchev–Trinajstić information content (AvgIpc) is 2.30. The Hall–Kier alpha value is 0.270. The second-order valence-corrected chi connectivity index (χ2v) is 5.90. The van der Waals surface area contributed by atoms with Gasteiger partial charge in [0.25, 0.3) is 0 Å². The van der Waals surface area contributed by atoms with Crippen LogP contribution in [0.4, 0.5) is 0 Å². The molecule has 0 aliphatic heterocycles. The summed E-state index contributed by atoms with van der Waals surface area (Å²) in [4.78, 5) is 0. The van der Waals surface area contributed by atoms with Gasteiger partial charge in [-0.3, -0.25) is 0 Å². The van der Waals surface area contributed by atoms with Gasteiger partial charge >= 0.3 is 0 Å². The van der Waals surface area contributed by atoms with Gasteiger partial charge < -0.3 is 10.1 Å². The number of hydrogen-bond acceptors (Lipinski definition) is 3. The van der Waals surface area contributed by atoms with E-state index in [4.69, 9.17) is 4.74 Å². The summed E-state index contributed by atoms with van der Waals surface area (Å²) in [6.45, 7) is 4.22. The van der Waals surface area contributed by atoms with Gasteiger partial charge in [0.05, 0.1) is 6.10 Å². The Morgan fingerprint density at radius 2 is 2.00 bits per heavy atom. The second kappa shape index (κ2) is 6.77. The third-order valence-electron chi connectivity index (χ3n) is 3.48. The highest BCUT2D eigenvalue weighted by Crippen LogP contribution is 2.37. The SMILES string of the molecule is COC(C)CNCC1(SC)CCCCC1. The second-order valence-electron chi connectivity index (χ2n) is 4.63. The number of rotatable bonds is 6. The van der Waals surface area contributed by atoms with E-state index in [-0.39, 0.29) is 0 Å². The molecule has 0 spiro atoms. The van der Waals surface area contributed by atoms with Crippen molar-refractivity contribution in [2.75, 3.05) is 26.5 Å². The number of methoxy groups -OCH3 is 1. The third kappa shape index (κ3) is 4.33.